The number of hydrogen-bond donors (Lipinski definition) is 2. The van der Waals surface area contributed by atoms with Crippen LogP contribution in [-0.2, 0) is 24.2 Å². The summed E-state index contributed by atoms with van der Waals surface area (Å²) in [6.45, 7) is 2.55. The van der Waals surface area contributed by atoms with Gasteiger partial charge in [-0.3, -0.25) is 9.36 Å². The van der Waals surface area contributed by atoms with E-state index in [0.717, 1.165) is 46.3 Å². The van der Waals surface area contributed by atoms with Crippen molar-refractivity contribution in [2.24, 2.45) is 0 Å². The molecule has 0 saturated carbocycles. The zero-order valence-corrected chi connectivity index (χ0v) is 17.7. The molecule has 0 bridgehead atoms. The summed E-state index contributed by atoms with van der Waals surface area (Å²) < 4.78 is 2.71. The second-order valence-electron chi connectivity index (χ2n) is 7.03. The zero-order valence-electron chi connectivity index (χ0n) is 16.1. The summed E-state index contributed by atoms with van der Waals surface area (Å²) in [5.74, 6) is 0.0119. The van der Waals surface area contributed by atoms with Gasteiger partial charge in [0.1, 0.15) is 5.03 Å². The van der Waals surface area contributed by atoms with Crippen molar-refractivity contribution in [1.29, 1.82) is 0 Å². The number of nitrogens with one attached hydrogen (secondary N) is 1. The number of anilines is 1. The van der Waals surface area contributed by atoms with Gasteiger partial charge in [-0.1, -0.05) is 29.2 Å². The van der Waals surface area contributed by atoms with Crippen molar-refractivity contribution in [1.82, 2.24) is 14.5 Å². The molecule has 4 rings (SSSR count). The summed E-state index contributed by atoms with van der Waals surface area (Å²) in [5.41, 5.74) is 3.79. The van der Waals surface area contributed by atoms with Crippen LogP contribution in [0.15, 0.2) is 28.0 Å². The van der Waals surface area contributed by atoms with Crippen molar-refractivity contribution in [3.63, 3.8) is 0 Å². The summed E-state index contributed by atoms with van der Waals surface area (Å²) >= 11 is 2.75. The molecule has 0 saturated heterocycles. The number of aliphatic hydroxyl groups is 1. The van der Waals surface area contributed by atoms with Crippen molar-refractivity contribution in [3.05, 3.63) is 45.5 Å². The topological polar surface area (TPSA) is 97.1 Å². The maximum Gasteiger partial charge on any atom is 0.348 e. The van der Waals surface area contributed by atoms with Crippen LogP contribution in [0.5, 0.6) is 0 Å². The molecule has 9 heteroatoms. The minimum atomic E-state index is -0.302. The second kappa shape index (κ2) is 8.64. The van der Waals surface area contributed by atoms with Gasteiger partial charge in [0.25, 0.3) is 0 Å². The number of rotatable bonds is 7. The Labute approximate surface area is 176 Å². The molecule has 1 aromatic carbocycles. The molecular formula is C20H22N4O3S2. The third kappa shape index (κ3) is 4.36. The van der Waals surface area contributed by atoms with Gasteiger partial charge in [-0.15, -0.1) is 0 Å². The molecule has 29 heavy (non-hydrogen) atoms. The van der Waals surface area contributed by atoms with Crippen molar-refractivity contribution in [2.45, 2.75) is 44.2 Å². The van der Waals surface area contributed by atoms with Crippen LogP contribution in [-0.4, -0.2) is 37.9 Å². The molecule has 0 unspecified atom stereocenters. The monoisotopic (exact) mass is 430 g/mol. The molecule has 7 nitrogen and oxygen atoms in total. The second-order valence-corrected chi connectivity index (χ2v) is 9.03. The molecule has 1 amide bonds. The lowest BCUT2D eigenvalue weighted by atomic mass is 10.2. The SMILES string of the molecule is Cc1ccc2nc(NC(=O)CSc3nc(=O)n(CCCO)c4c3CCC4)sc2c1. The van der Waals surface area contributed by atoms with Crippen LogP contribution in [0.3, 0.4) is 0 Å². The van der Waals surface area contributed by atoms with Gasteiger partial charge in [0, 0.05) is 24.4 Å². The molecule has 152 valence electrons. The number of aromatic nitrogens is 3. The number of carbonyl (C=O) groups excluding carboxylic acids is 1. The number of benzene rings is 1. The Morgan fingerprint density at radius 3 is 3.03 bits per heavy atom. The van der Waals surface area contributed by atoms with E-state index in [1.807, 2.05) is 19.1 Å². The van der Waals surface area contributed by atoms with Crippen LogP contribution >= 0.6 is 23.1 Å². The third-order valence-electron chi connectivity index (χ3n) is 4.87. The molecule has 1 aliphatic carbocycles. The predicted octanol–water partition coefficient (Wildman–Crippen LogP) is 2.76. The van der Waals surface area contributed by atoms with E-state index in [2.05, 4.69) is 21.4 Å². The molecule has 0 fully saturated rings. The highest BCUT2D eigenvalue weighted by Gasteiger charge is 2.22. The fourth-order valence-electron chi connectivity index (χ4n) is 3.54. The van der Waals surface area contributed by atoms with Gasteiger partial charge in [0.15, 0.2) is 5.13 Å². The molecule has 0 atom stereocenters. The number of carbonyl (C=O) groups is 1. The predicted molar refractivity (Wildman–Crippen MR) is 116 cm³/mol. The summed E-state index contributed by atoms with van der Waals surface area (Å²) in [5, 5.41) is 13.1. The van der Waals surface area contributed by atoms with E-state index in [1.54, 1.807) is 4.57 Å². The molecule has 2 aromatic heterocycles. The van der Waals surface area contributed by atoms with Crippen molar-refractivity contribution in [2.75, 3.05) is 17.7 Å². The van der Waals surface area contributed by atoms with E-state index in [1.165, 1.54) is 23.1 Å². The summed E-state index contributed by atoms with van der Waals surface area (Å²) in [6, 6.07) is 6.00. The van der Waals surface area contributed by atoms with Crippen LogP contribution in [0.4, 0.5) is 5.13 Å². The van der Waals surface area contributed by atoms with E-state index in [4.69, 9.17) is 5.11 Å². The van der Waals surface area contributed by atoms with Crippen molar-refractivity contribution in [3.8, 4) is 0 Å². The van der Waals surface area contributed by atoms with E-state index < -0.39 is 0 Å². The van der Waals surface area contributed by atoms with Gasteiger partial charge in [-0.25, -0.2) is 9.78 Å². The van der Waals surface area contributed by atoms with Gasteiger partial charge >= 0.3 is 5.69 Å². The lowest BCUT2D eigenvalue weighted by molar-refractivity contribution is -0.113. The third-order valence-corrected chi connectivity index (χ3v) is 6.82. The maximum atomic E-state index is 12.4. The van der Waals surface area contributed by atoms with Gasteiger partial charge in [-0.2, -0.15) is 4.98 Å². The Bertz CT molecular complexity index is 1120. The van der Waals surface area contributed by atoms with Crippen LogP contribution < -0.4 is 11.0 Å². The Hall–Kier alpha value is -2.23. The van der Waals surface area contributed by atoms with Gasteiger partial charge in [0.05, 0.1) is 16.0 Å². The number of fused-ring (bicyclic) bond motifs is 2. The first-order chi connectivity index (χ1) is 14.0. The molecule has 2 N–H and O–H groups in total. The zero-order chi connectivity index (χ0) is 20.4. The Morgan fingerprint density at radius 1 is 1.34 bits per heavy atom. The molecular weight excluding hydrogens is 408 g/mol. The number of hydrogen-bond acceptors (Lipinski definition) is 7. The summed E-state index contributed by atoms with van der Waals surface area (Å²) in [6.07, 6.45) is 3.21. The largest absolute Gasteiger partial charge is 0.396 e. The smallest absolute Gasteiger partial charge is 0.348 e. The number of thiazole rings is 1. The Balaban J connectivity index is 1.45. The average Bonchev–Trinajstić information content (AvgIpc) is 3.32. The Kier molecular flexibility index (Phi) is 5.98. The van der Waals surface area contributed by atoms with Gasteiger partial charge in [0.2, 0.25) is 5.91 Å². The molecule has 3 aromatic rings. The minimum absolute atomic E-state index is 0.0449. The number of amides is 1. The number of aliphatic hydroxyl groups excluding tert-OH is 1. The molecule has 0 radical (unpaired) electrons. The van der Waals surface area contributed by atoms with E-state index in [9.17, 15) is 9.59 Å². The quantitative estimate of drug-likeness (QED) is 0.442. The van der Waals surface area contributed by atoms with E-state index in [-0.39, 0.29) is 24.0 Å². The average molecular weight is 431 g/mol. The van der Waals surface area contributed by atoms with Crippen molar-refractivity contribution < 1.29 is 9.90 Å². The summed E-state index contributed by atoms with van der Waals surface area (Å²) in [4.78, 5) is 33.5. The van der Waals surface area contributed by atoms with Crippen LogP contribution in [0.1, 0.15) is 29.7 Å². The maximum absolute atomic E-state index is 12.4. The van der Waals surface area contributed by atoms with Crippen LogP contribution in [0.2, 0.25) is 0 Å². The lowest BCUT2D eigenvalue weighted by Crippen LogP contribution is -2.28. The number of aryl methyl sites for hydroxylation is 1. The first-order valence-electron chi connectivity index (χ1n) is 9.58. The highest BCUT2D eigenvalue weighted by molar-refractivity contribution is 8.00. The van der Waals surface area contributed by atoms with E-state index >= 15 is 0 Å². The lowest BCUT2D eigenvalue weighted by Gasteiger charge is -2.13. The normalized spacial score (nSPS) is 13.0. The minimum Gasteiger partial charge on any atom is -0.396 e. The first-order valence-corrected chi connectivity index (χ1v) is 11.4. The fraction of sp³-hybridized carbons (Fsp3) is 0.400. The summed E-state index contributed by atoms with van der Waals surface area (Å²) in [7, 11) is 0. The van der Waals surface area contributed by atoms with Crippen LogP contribution in [0.25, 0.3) is 10.2 Å². The highest BCUT2D eigenvalue weighted by atomic mass is 32.2. The highest BCUT2D eigenvalue weighted by Crippen LogP contribution is 2.30. The van der Waals surface area contributed by atoms with Crippen molar-refractivity contribution >= 4 is 44.4 Å². The van der Waals surface area contributed by atoms with Gasteiger partial charge < -0.3 is 10.4 Å². The number of thioether (sulfide) groups is 1. The molecule has 0 spiro atoms. The van der Waals surface area contributed by atoms with Crippen LogP contribution in [0, 0.1) is 6.92 Å². The first kappa shape index (κ1) is 20.1. The molecule has 1 aliphatic rings. The fourth-order valence-corrected chi connectivity index (χ4v) is 5.40. The van der Waals surface area contributed by atoms with E-state index in [0.29, 0.717) is 23.1 Å². The molecule has 2 heterocycles. The standard InChI is InChI=1S/C20H22N4O3S2/c1-12-6-7-14-16(10-12)29-19(21-14)22-17(26)11-28-18-13-4-2-5-15(13)24(8-3-9-25)20(27)23-18/h6-7,10,25H,2-5,8-9,11H2,1H3,(H,21,22,26). The Morgan fingerprint density at radius 2 is 2.21 bits per heavy atom. The molecule has 0 aliphatic heterocycles. The number of nitrogens with zero attached hydrogens (tertiary/aromatic N) is 3. The van der Waals surface area contributed by atoms with Gasteiger partial charge in [-0.05, 0) is 50.3 Å².